The van der Waals surface area contributed by atoms with Crippen molar-refractivity contribution in [2.24, 2.45) is 0 Å². The second-order valence-corrected chi connectivity index (χ2v) is 6.28. The van der Waals surface area contributed by atoms with Crippen LogP contribution in [0.5, 0.6) is 0 Å². The molecule has 0 atom stereocenters. The van der Waals surface area contributed by atoms with Gasteiger partial charge in [-0.15, -0.1) is 0 Å². The molecule has 0 bridgehead atoms. The third-order valence-electron chi connectivity index (χ3n) is 3.50. The van der Waals surface area contributed by atoms with Crippen molar-refractivity contribution in [3.8, 4) is 23.5 Å². The van der Waals surface area contributed by atoms with Gasteiger partial charge < -0.3 is 4.42 Å². The van der Waals surface area contributed by atoms with Crippen LogP contribution in [0.3, 0.4) is 0 Å². The van der Waals surface area contributed by atoms with Gasteiger partial charge in [0.05, 0.1) is 23.3 Å². The Morgan fingerprint density at radius 1 is 0.958 bits per heavy atom. The van der Waals surface area contributed by atoms with Gasteiger partial charge in [-0.3, -0.25) is 0 Å². The molecule has 2 aromatic carbocycles. The van der Waals surface area contributed by atoms with Crippen molar-refractivity contribution in [1.82, 2.24) is 0 Å². The van der Waals surface area contributed by atoms with E-state index in [0.717, 1.165) is 14.7 Å². The van der Waals surface area contributed by atoms with Crippen LogP contribution in [0.25, 0.3) is 23.0 Å². The van der Waals surface area contributed by atoms with Crippen LogP contribution >= 0.6 is 22.6 Å². The lowest BCUT2D eigenvalue weighted by Gasteiger charge is -2.00. The van der Waals surface area contributed by atoms with Crippen LogP contribution < -0.4 is 0 Å². The van der Waals surface area contributed by atoms with E-state index in [2.05, 4.69) is 34.7 Å². The van der Waals surface area contributed by atoms with Gasteiger partial charge in [-0.1, -0.05) is 24.3 Å². The first kappa shape index (κ1) is 16.0. The van der Waals surface area contributed by atoms with E-state index in [0.29, 0.717) is 22.7 Å². The summed E-state index contributed by atoms with van der Waals surface area (Å²) in [6.07, 6.45) is 1.71. The Morgan fingerprint density at radius 3 is 2.42 bits per heavy atom. The number of nitriles is 2. The fourth-order valence-electron chi connectivity index (χ4n) is 2.32. The Hall–Kier alpha value is -2.83. The monoisotopic (exact) mass is 422 g/mol. The standard InChI is InChI=1S/C20H11IN2O/c21-17-7-5-14(6-8-17)16(13-23)11-18-9-10-20(24-18)19-4-2-1-3-15(19)12-22/h1-11H/b16-11-. The zero-order chi connectivity index (χ0) is 16.9. The number of hydrogen-bond donors (Lipinski definition) is 0. The van der Waals surface area contributed by atoms with Gasteiger partial charge in [-0.05, 0) is 70.6 Å². The molecule has 1 heterocycles. The molecule has 0 fully saturated rings. The first-order chi connectivity index (χ1) is 11.7. The van der Waals surface area contributed by atoms with E-state index in [1.165, 1.54) is 0 Å². The number of furan rings is 1. The molecule has 0 radical (unpaired) electrons. The average molecular weight is 422 g/mol. The molecule has 0 spiro atoms. The van der Waals surface area contributed by atoms with Crippen molar-refractivity contribution < 1.29 is 4.42 Å². The van der Waals surface area contributed by atoms with E-state index >= 15 is 0 Å². The Kier molecular flexibility index (Phi) is 4.79. The highest BCUT2D eigenvalue weighted by molar-refractivity contribution is 14.1. The van der Waals surface area contributed by atoms with Crippen LogP contribution in [-0.4, -0.2) is 0 Å². The minimum absolute atomic E-state index is 0.529. The van der Waals surface area contributed by atoms with Crippen molar-refractivity contribution in [3.63, 3.8) is 0 Å². The molecular formula is C20H11IN2O. The summed E-state index contributed by atoms with van der Waals surface area (Å²) >= 11 is 2.22. The second-order valence-electron chi connectivity index (χ2n) is 5.04. The molecule has 3 rings (SSSR count). The Bertz CT molecular complexity index is 985. The Balaban J connectivity index is 1.97. The Morgan fingerprint density at radius 2 is 1.71 bits per heavy atom. The summed E-state index contributed by atoms with van der Waals surface area (Å²) < 4.78 is 6.92. The van der Waals surface area contributed by atoms with E-state index in [1.807, 2.05) is 48.5 Å². The molecule has 0 saturated carbocycles. The van der Waals surface area contributed by atoms with Crippen molar-refractivity contribution in [2.45, 2.75) is 0 Å². The van der Waals surface area contributed by atoms with Crippen molar-refractivity contribution in [1.29, 1.82) is 10.5 Å². The summed E-state index contributed by atoms with van der Waals surface area (Å²) in [5.41, 5.74) is 2.67. The van der Waals surface area contributed by atoms with Crippen LogP contribution in [0.1, 0.15) is 16.9 Å². The number of halogens is 1. The maximum absolute atomic E-state index is 9.41. The molecule has 4 heteroatoms. The van der Waals surface area contributed by atoms with Gasteiger partial charge in [0.25, 0.3) is 0 Å². The predicted octanol–water partition coefficient (Wildman–Crippen LogP) is 5.49. The fourth-order valence-corrected chi connectivity index (χ4v) is 2.68. The smallest absolute Gasteiger partial charge is 0.136 e. The molecule has 0 aliphatic rings. The molecule has 0 aliphatic carbocycles. The fraction of sp³-hybridized carbons (Fsp3) is 0. The quantitative estimate of drug-likeness (QED) is 0.415. The van der Waals surface area contributed by atoms with Crippen molar-refractivity contribution in [2.75, 3.05) is 0 Å². The lowest BCUT2D eigenvalue weighted by molar-refractivity contribution is 0.572. The van der Waals surface area contributed by atoms with Gasteiger partial charge in [-0.25, -0.2) is 0 Å². The molecule has 0 unspecified atom stereocenters. The number of nitrogens with zero attached hydrogens (tertiary/aromatic N) is 2. The number of allylic oxidation sites excluding steroid dienone is 1. The summed E-state index contributed by atoms with van der Waals surface area (Å²) in [6.45, 7) is 0. The van der Waals surface area contributed by atoms with E-state index < -0.39 is 0 Å². The Labute approximate surface area is 153 Å². The number of benzene rings is 2. The van der Waals surface area contributed by atoms with Crippen LogP contribution in [0.2, 0.25) is 0 Å². The second kappa shape index (κ2) is 7.16. The molecule has 114 valence electrons. The van der Waals surface area contributed by atoms with Crippen LogP contribution in [0.15, 0.2) is 65.1 Å². The minimum Gasteiger partial charge on any atom is -0.457 e. The molecular weight excluding hydrogens is 411 g/mol. The van der Waals surface area contributed by atoms with Gasteiger partial charge in [0, 0.05) is 9.13 Å². The third kappa shape index (κ3) is 3.40. The molecule has 0 amide bonds. The van der Waals surface area contributed by atoms with Crippen LogP contribution in [0.4, 0.5) is 0 Å². The molecule has 3 nitrogen and oxygen atoms in total. The summed E-state index contributed by atoms with van der Waals surface area (Å²) in [5, 5.41) is 18.6. The predicted molar refractivity (Wildman–Crippen MR) is 102 cm³/mol. The highest BCUT2D eigenvalue weighted by Crippen LogP contribution is 2.27. The van der Waals surface area contributed by atoms with E-state index in [-0.39, 0.29) is 0 Å². The van der Waals surface area contributed by atoms with Gasteiger partial charge in [0.1, 0.15) is 11.5 Å². The van der Waals surface area contributed by atoms with Gasteiger partial charge >= 0.3 is 0 Å². The maximum Gasteiger partial charge on any atom is 0.136 e. The lowest BCUT2D eigenvalue weighted by Crippen LogP contribution is -1.82. The largest absolute Gasteiger partial charge is 0.457 e. The van der Waals surface area contributed by atoms with Crippen molar-refractivity contribution in [3.05, 3.63) is 81.1 Å². The third-order valence-corrected chi connectivity index (χ3v) is 4.22. The van der Waals surface area contributed by atoms with Crippen LogP contribution in [-0.2, 0) is 0 Å². The summed E-state index contributed by atoms with van der Waals surface area (Å²) in [5.74, 6) is 1.19. The summed E-state index contributed by atoms with van der Waals surface area (Å²) in [7, 11) is 0. The SMILES string of the molecule is N#C/C(=C/c1ccc(-c2ccccc2C#N)o1)c1ccc(I)cc1. The van der Waals surface area contributed by atoms with Crippen molar-refractivity contribution >= 4 is 34.2 Å². The number of hydrogen-bond acceptors (Lipinski definition) is 3. The van der Waals surface area contributed by atoms with Crippen LogP contribution in [0, 0.1) is 26.2 Å². The van der Waals surface area contributed by atoms with Gasteiger partial charge in [0.15, 0.2) is 0 Å². The molecule has 1 aromatic heterocycles. The van der Waals surface area contributed by atoms with E-state index in [1.54, 1.807) is 18.2 Å². The maximum atomic E-state index is 9.41. The average Bonchev–Trinajstić information content (AvgIpc) is 3.09. The van der Waals surface area contributed by atoms with E-state index in [4.69, 9.17) is 4.42 Å². The van der Waals surface area contributed by atoms with Gasteiger partial charge in [-0.2, -0.15) is 10.5 Å². The summed E-state index contributed by atoms with van der Waals surface area (Å²) in [6, 6.07) is 23.0. The summed E-state index contributed by atoms with van der Waals surface area (Å²) in [4.78, 5) is 0. The molecule has 3 aromatic rings. The molecule has 24 heavy (non-hydrogen) atoms. The molecule has 0 aliphatic heterocycles. The van der Waals surface area contributed by atoms with E-state index in [9.17, 15) is 10.5 Å². The normalized spacial score (nSPS) is 10.9. The molecule has 0 N–H and O–H groups in total. The zero-order valence-corrected chi connectivity index (χ0v) is 14.7. The van der Waals surface area contributed by atoms with Gasteiger partial charge in [0.2, 0.25) is 0 Å². The first-order valence-electron chi connectivity index (χ1n) is 7.18. The minimum atomic E-state index is 0.529. The number of rotatable bonds is 3. The zero-order valence-electron chi connectivity index (χ0n) is 12.5. The highest BCUT2D eigenvalue weighted by atomic mass is 127. The topological polar surface area (TPSA) is 60.7 Å². The highest BCUT2D eigenvalue weighted by Gasteiger charge is 2.09. The molecule has 0 saturated heterocycles. The lowest BCUT2D eigenvalue weighted by atomic mass is 10.1. The first-order valence-corrected chi connectivity index (χ1v) is 8.26.